The van der Waals surface area contributed by atoms with Gasteiger partial charge in [-0.05, 0) is 25.5 Å². The van der Waals surface area contributed by atoms with E-state index in [1.165, 1.54) is 0 Å². The fraction of sp³-hybridized carbons (Fsp3) is 0.583. The molecule has 1 aromatic heterocycles. The molecule has 0 amide bonds. The van der Waals surface area contributed by atoms with Crippen LogP contribution in [-0.4, -0.2) is 17.6 Å². The van der Waals surface area contributed by atoms with Crippen molar-refractivity contribution in [1.82, 2.24) is 5.32 Å². The maximum atomic E-state index is 10.7. The highest BCUT2D eigenvalue weighted by atomic mass is 16.4. The SMILES string of the molecule is CCC(C)CNCc1cc(C(=O)O)oc1C. The summed E-state index contributed by atoms with van der Waals surface area (Å²) >= 11 is 0. The van der Waals surface area contributed by atoms with Gasteiger partial charge < -0.3 is 14.8 Å². The number of carbonyl (C=O) groups is 1. The Kier molecular flexibility index (Phi) is 4.55. The first-order chi connectivity index (χ1) is 7.54. The average Bonchev–Trinajstić information content (AvgIpc) is 2.60. The summed E-state index contributed by atoms with van der Waals surface area (Å²) in [6.45, 7) is 7.71. The van der Waals surface area contributed by atoms with Gasteiger partial charge in [-0.1, -0.05) is 20.3 Å². The van der Waals surface area contributed by atoms with Gasteiger partial charge >= 0.3 is 5.97 Å². The zero-order valence-electron chi connectivity index (χ0n) is 10.0. The first-order valence-corrected chi connectivity index (χ1v) is 5.57. The van der Waals surface area contributed by atoms with Crippen LogP contribution in [-0.2, 0) is 6.54 Å². The topological polar surface area (TPSA) is 62.5 Å². The molecule has 0 radical (unpaired) electrons. The summed E-state index contributed by atoms with van der Waals surface area (Å²) in [7, 11) is 0. The number of furan rings is 1. The van der Waals surface area contributed by atoms with Crippen LogP contribution in [0.5, 0.6) is 0 Å². The van der Waals surface area contributed by atoms with Crippen molar-refractivity contribution >= 4 is 5.97 Å². The van der Waals surface area contributed by atoms with Crippen molar-refractivity contribution in [3.05, 3.63) is 23.2 Å². The van der Waals surface area contributed by atoms with Gasteiger partial charge in [-0.2, -0.15) is 0 Å². The molecule has 4 nitrogen and oxygen atoms in total. The second-order valence-electron chi connectivity index (χ2n) is 4.14. The van der Waals surface area contributed by atoms with Crippen LogP contribution in [0.25, 0.3) is 0 Å². The third-order valence-electron chi connectivity index (χ3n) is 2.74. The van der Waals surface area contributed by atoms with E-state index in [4.69, 9.17) is 9.52 Å². The van der Waals surface area contributed by atoms with Gasteiger partial charge in [-0.25, -0.2) is 4.79 Å². The smallest absolute Gasteiger partial charge is 0.371 e. The third kappa shape index (κ3) is 3.38. The Hall–Kier alpha value is -1.29. The van der Waals surface area contributed by atoms with Crippen LogP contribution >= 0.6 is 0 Å². The molecule has 0 saturated heterocycles. The average molecular weight is 225 g/mol. The van der Waals surface area contributed by atoms with Gasteiger partial charge in [0.15, 0.2) is 0 Å². The van der Waals surface area contributed by atoms with Gasteiger partial charge in [0.25, 0.3) is 0 Å². The predicted octanol–water partition coefficient (Wildman–Crippen LogP) is 2.42. The van der Waals surface area contributed by atoms with Crippen LogP contribution in [0, 0.1) is 12.8 Å². The standard InChI is InChI=1S/C12H19NO3/c1-4-8(2)6-13-7-10-5-11(12(14)15)16-9(10)3/h5,8,13H,4,6-7H2,1-3H3,(H,14,15). The summed E-state index contributed by atoms with van der Waals surface area (Å²) in [6.07, 6.45) is 1.14. The zero-order valence-corrected chi connectivity index (χ0v) is 10.0. The van der Waals surface area contributed by atoms with Gasteiger partial charge in [-0.3, -0.25) is 0 Å². The lowest BCUT2D eigenvalue weighted by Crippen LogP contribution is -2.20. The number of carboxylic acid groups (broad SMARTS) is 1. The van der Waals surface area contributed by atoms with E-state index in [0.717, 1.165) is 18.5 Å². The van der Waals surface area contributed by atoms with E-state index in [9.17, 15) is 4.79 Å². The number of aromatic carboxylic acids is 1. The van der Waals surface area contributed by atoms with Crippen molar-refractivity contribution < 1.29 is 14.3 Å². The van der Waals surface area contributed by atoms with Crippen molar-refractivity contribution in [3.8, 4) is 0 Å². The molecule has 1 heterocycles. The number of carboxylic acids is 1. The van der Waals surface area contributed by atoms with E-state index in [1.54, 1.807) is 13.0 Å². The molecule has 0 saturated carbocycles. The lowest BCUT2D eigenvalue weighted by atomic mass is 10.1. The van der Waals surface area contributed by atoms with Gasteiger partial charge in [0, 0.05) is 12.1 Å². The van der Waals surface area contributed by atoms with Crippen LogP contribution in [0.3, 0.4) is 0 Å². The molecule has 1 rings (SSSR count). The monoisotopic (exact) mass is 225 g/mol. The summed E-state index contributed by atoms with van der Waals surface area (Å²) in [5, 5.41) is 12.1. The largest absolute Gasteiger partial charge is 0.475 e. The lowest BCUT2D eigenvalue weighted by molar-refractivity contribution is 0.0661. The van der Waals surface area contributed by atoms with Crippen LogP contribution in [0.2, 0.25) is 0 Å². The van der Waals surface area contributed by atoms with E-state index in [1.807, 2.05) is 0 Å². The van der Waals surface area contributed by atoms with E-state index < -0.39 is 5.97 Å². The van der Waals surface area contributed by atoms with Crippen molar-refractivity contribution in [2.45, 2.75) is 33.7 Å². The molecule has 0 aliphatic rings. The van der Waals surface area contributed by atoms with Gasteiger partial charge in [-0.15, -0.1) is 0 Å². The molecule has 0 fully saturated rings. The molecular formula is C12H19NO3. The molecule has 16 heavy (non-hydrogen) atoms. The van der Waals surface area contributed by atoms with E-state index in [0.29, 0.717) is 18.2 Å². The summed E-state index contributed by atoms with van der Waals surface area (Å²) in [4.78, 5) is 10.7. The van der Waals surface area contributed by atoms with Crippen LogP contribution in [0.15, 0.2) is 10.5 Å². The summed E-state index contributed by atoms with van der Waals surface area (Å²) in [6, 6.07) is 1.58. The Labute approximate surface area is 95.7 Å². The molecule has 4 heteroatoms. The van der Waals surface area contributed by atoms with Crippen molar-refractivity contribution in [3.63, 3.8) is 0 Å². The van der Waals surface area contributed by atoms with E-state index >= 15 is 0 Å². The van der Waals surface area contributed by atoms with Crippen LogP contribution < -0.4 is 5.32 Å². The molecule has 0 bridgehead atoms. The Morgan fingerprint density at radius 3 is 2.81 bits per heavy atom. The van der Waals surface area contributed by atoms with Crippen LogP contribution in [0.4, 0.5) is 0 Å². The van der Waals surface area contributed by atoms with Crippen LogP contribution in [0.1, 0.15) is 42.1 Å². The molecule has 0 aliphatic heterocycles. The second kappa shape index (κ2) is 5.70. The minimum Gasteiger partial charge on any atom is -0.475 e. The molecule has 1 aromatic rings. The Bertz CT molecular complexity index is 357. The molecule has 90 valence electrons. The number of aryl methyl sites for hydroxylation is 1. The summed E-state index contributed by atoms with van der Waals surface area (Å²) < 4.78 is 5.12. The Morgan fingerprint density at radius 2 is 2.31 bits per heavy atom. The number of hydrogen-bond acceptors (Lipinski definition) is 3. The molecule has 1 atom stereocenters. The fourth-order valence-corrected chi connectivity index (χ4v) is 1.40. The minimum atomic E-state index is -1.02. The van der Waals surface area contributed by atoms with Crippen molar-refractivity contribution in [1.29, 1.82) is 0 Å². The third-order valence-corrected chi connectivity index (χ3v) is 2.74. The number of hydrogen-bond donors (Lipinski definition) is 2. The lowest BCUT2D eigenvalue weighted by Gasteiger charge is -2.09. The quantitative estimate of drug-likeness (QED) is 0.780. The predicted molar refractivity (Wildman–Crippen MR) is 61.6 cm³/mol. The Morgan fingerprint density at radius 1 is 1.62 bits per heavy atom. The van der Waals surface area contributed by atoms with Gasteiger partial charge in [0.1, 0.15) is 5.76 Å². The molecule has 0 spiro atoms. The summed E-state index contributed by atoms with van der Waals surface area (Å²) in [5.41, 5.74) is 0.917. The van der Waals surface area contributed by atoms with Gasteiger partial charge in [0.2, 0.25) is 5.76 Å². The molecule has 0 aliphatic carbocycles. The highest BCUT2D eigenvalue weighted by molar-refractivity contribution is 5.84. The first-order valence-electron chi connectivity index (χ1n) is 5.57. The maximum Gasteiger partial charge on any atom is 0.371 e. The first kappa shape index (κ1) is 12.8. The summed E-state index contributed by atoms with van der Waals surface area (Å²) in [5.74, 6) is 0.300. The van der Waals surface area contributed by atoms with Crippen molar-refractivity contribution in [2.24, 2.45) is 5.92 Å². The molecule has 2 N–H and O–H groups in total. The highest BCUT2D eigenvalue weighted by Crippen LogP contribution is 2.14. The van der Waals surface area contributed by atoms with Gasteiger partial charge in [0.05, 0.1) is 0 Å². The molecular weight excluding hydrogens is 206 g/mol. The Balaban J connectivity index is 2.51. The van der Waals surface area contributed by atoms with E-state index in [-0.39, 0.29) is 5.76 Å². The number of rotatable bonds is 6. The zero-order chi connectivity index (χ0) is 12.1. The second-order valence-corrected chi connectivity index (χ2v) is 4.14. The number of nitrogens with one attached hydrogen (secondary N) is 1. The van der Waals surface area contributed by atoms with E-state index in [2.05, 4.69) is 19.2 Å². The normalized spacial score (nSPS) is 12.7. The maximum absolute atomic E-state index is 10.7. The van der Waals surface area contributed by atoms with Crippen molar-refractivity contribution in [2.75, 3.05) is 6.54 Å². The highest BCUT2D eigenvalue weighted by Gasteiger charge is 2.12. The molecule has 0 aromatic carbocycles. The molecule has 1 unspecified atom stereocenters. The fourth-order valence-electron chi connectivity index (χ4n) is 1.40. The minimum absolute atomic E-state index is 0.0119.